The first kappa shape index (κ1) is 23.1. The third kappa shape index (κ3) is 4.36. The Morgan fingerprint density at radius 1 is 0.806 bits per heavy atom. The van der Waals surface area contributed by atoms with Crippen LogP contribution in [0.3, 0.4) is 0 Å². The summed E-state index contributed by atoms with van der Waals surface area (Å²) in [7, 11) is -3.43. The fraction of sp³-hybridized carbons (Fsp3) is 0.214. The van der Waals surface area contributed by atoms with Crippen molar-refractivity contribution >= 4 is 32.2 Å². The van der Waals surface area contributed by atoms with Gasteiger partial charge in [0.25, 0.3) is 0 Å². The normalized spacial score (nSPS) is 18.5. The van der Waals surface area contributed by atoms with Crippen molar-refractivity contribution in [2.75, 3.05) is 18.1 Å². The van der Waals surface area contributed by atoms with E-state index in [0.29, 0.717) is 18.0 Å². The van der Waals surface area contributed by atoms with Gasteiger partial charge in [-0.05, 0) is 36.1 Å². The number of hydrazone groups is 1. The van der Waals surface area contributed by atoms with Crippen molar-refractivity contribution in [3.05, 3.63) is 101 Å². The van der Waals surface area contributed by atoms with Gasteiger partial charge in [-0.2, -0.15) is 9.41 Å². The summed E-state index contributed by atoms with van der Waals surface area (Å²) in [4.78, 5) is 5.25. The number of thiazole rings is 1. The lowest BCUT2D eigenvalue weighted by Crippen LogP contribution is -2.27. The van der Waals surface area contributed by atoms with Crippen LogP contribution >= 0.6 is 11.3 Å². The summed E-state index contributed by atoms with van der Waals surface area (Å²) < 4.78 is 27.3. The maximum Gasteiger partial charge on any atom is 0.243 e. The van der Waals surface area contributed by atoms with Crippen LogP contribution in [0, 0.1) is 0 Å². The van der Waals surface area contributed by atoms with Crippen molar-refractivity contribution in [1.29, 1.82) is 0 Å². The summed E-state index contributed by atoms with van der Waals surface area (Å²) in [5.41, 5.74) is 5.06. The molecule has 6 nitrogen and oxygen atoms in total. The van der Waals surface area contributed by atoms with E-state index in [-0.39, 0.29) is 6.04 Å². The minimum atomic E-state index is -3.43. The van der Waals surface area contributed by atoms with Crippen LogP contribution in [-0.4, -0.2) is 36.5 Å². The molecule has 182 valence electrons. The van der Waals surface area contributed by atoms with E-state index in [2.05, 4.69) is 36.4 Å². The first-order valence-electron chi connectivity index (χ1n) is 12.1. The molecule has 1 fully saturated rings. The van der Waals surface area contributed by atoms with Crippen molar-refractivity contribution in [1.82, 2.24) is 9.29 Å². The molecule has 0 N–H and O–H groups in total. The monoisotopic (exact) mass is 514 g/mol. The van der Waals surface area contributed by atoms with E-state index in [0.717, 1.165) is 46.9 Å². The molecular formula is C28H26N4O2S2. The van der Waals surface area contributed by atoms with Gasteiger partial charge in [0, 0.05) is 30.5 Å². The third-order valence-corrected chi connectivity index (χ3v) is 9.49. The molecule has 8 heteroatoms. The Kier molecular flexibility index (Phi) is 6.17. The molecule has 2 aliphatic heterocycles. The van der Waals surface area contributed by atoms with Crippen LogP contribution in [0.5, 0.6) is 0 Å². The Hall–Kier alpha value is -3.33. The van der Waals surface area contributed by atoms with E-state index in [4.69, 9.17) is 10.1 Å². The van der Waals surface area contributed by atoms with Gasteiger partial charge in [0.1, 0.15) is 0 Å². The maximum absolute atomic E-state index is 12.9. The van der Waals surface area contributed by atoms with Crippen LogP contribution < -0.4 is 5.01 Å². The topological polar surface area (TPSA) is 65.9 Å². The first-order valence-corrected chi connectivity index (χ1v) is 14.4. The molecule has 0 radical (unpaired) electrons. The van der Waals surface area contributed by atoms with Crippen molar-refractivity contribution in [3.63, 3.8) is 0 Å². The van der Waals surface area contributed by atoms with Gasteiger partial charge in [0.2, 0.25) is 15.2 Å². The lowest BCUT2D eigenvalue weighted by atomic mass is 9.99. The Bertz CT molecular complexity index is 1480. The van der Waals surface area contributed by atoms with Crippen molar-refractivity contribution in [3.8, 4) is 11.3 Å². The van der Waals surface area contributed by atoms with Crippen molar-refractivity contribution in [2.45, 2.75) is 30.2 Å². The average molecular weight is 515 g/mol. The number of benzene rings is 3. The second-order valence-electron chi connectivity index (χ2n) is 9.04. The molecule has 0 spiro atoms. The van der Waals surface area contributed by atoms with Gasteiger partial charge in [0.15, 0.2) is 0 Å². The Morgan fingerprint density at radius 2 is 1.47 bits per heavy atom. The Morgan fingerprint density at radius 3 is 2.17 bits per heavy atom. The fourth-order valence-corrected chi connectivity index (χ4v) is 7.15. The number of hydrogen-bond donors (Lipinski definition) is 0. The number of hydrogen-bond acceptors (Lipinski definition) is 6. The molecule has 4 aromatic rings. The minimum absolute atomic E-state index is 0.0633. The number of rotatable bonds is 6. The molecule has 2 aliphatic rings. The zero-order valence-corrected chi connectivity index (χ0v) is 21.3. The van der Waals surface area contributed by atoms with Gasteiger partial charge in [0.05, 0.1) is 22.3 Å². The smallest absolute Gasteiger partial charge is 0.231 e. The van der Waals surface area contributed by atoms with Crippen LogP contribution in [0.4, 0.5) is 5.13 Å². The molecule has 3 aromatic carbocycles. The molecule has 0 bridgehead atoms. The summed E-state index contributed by atoms with van der Waals surface area (Å²) in [6.45, 7) is 1.20. The van der Waals surface area contributed by atoms with E-state index in [1.165, 1.54) is 5.56 Å². The molecule has 1 aromatic heterocycles. The second-order valence-corrected chi connectivity index (χ2v) is 11.8. The third-order valence-electron chi connectivity index (χ3n) is 6.74. The number of sulfonamides is 1. The highest BCUT2D eigenvalue weighted by Crippen LogP contribution is 2.39. The zero-order valence-electron chi connectivity index (χ0n) is 19.7. The van der Waals surface area contributed by atoms with Gasteiger partial charge in [-0.25, -0.2) is 18.4 Å². The summed E-state index contributed by atoms with van der Waals surface area (Å²) >= 11 is 1.55. The van der Waals surface area contributed by atoms with E-state index in [9.17, 15) is 8.42 Å². The van der Waals surface area contributed by atoms with E-state index >= 15 is 0 Å². The van der Waals surface area contributed by atoms with Crippen LogP contribution in [-0.2, 0) is 10.0 Å². The highest BCUT2D eigenvalue weighted by molar-refractivity contribution is 7.89. The van der Waals surface area contributed by atoms with Gasteiger partial charge in [-0.3, -0.25) is 0 Å². The minimum Gasteiger partial charge on any atom is -0.231 e. The average Bonchev–Trinajstić information content (AvgIpc) is 3.71. The van der Waals surface area contributed by atoms with Crippen molar-refractivity contribution in [2.24, 2.45) is 5.10 Å². The molecule has 1 atom stereocenters. The number of anilines is 1. The SMILES string of the molecule is O=S(=O)(c1ccc(-c2csc(N3N=C(c4ccccc4)C[C@H]3c3ccccc3)n2)cc1)N1CCCC1. The van der Waals surface area contributed by atoms with Gasteiger partial charge in [-0.1, -0.05) is 72.8 Å². The largest absolute Gasteiger partial charge is 0.243 e. The highest BCUT2D eigenvalue weighted by atomic mass is 32.2. The maximum atomic E-state index is 12.9. The highest BCUT2D eigenvalue weighted by Gasteiger charge is 2.32. The van der Waals surface area contributed by atoms with Crippen molar-refractivity contribution < 1.29 is 8.42 Å². The molecule has 0 saturated carbocycles. The Balaban J connectivity index is 1.30. The summed E-state index contributed by atoms with van der Waals surface area (Å²) in [5, 5.41) is 9.85. The molecule has 36 heavy (non-hydrogen) atoms. The van der Waals surface area contributed by atoms with E-state index < -0.39 is 10.0 Å². The number of nitrogens with zero attached hydrogens (tertiary/aromatic N) is 4. The lowest BCUT2D eigenvalue weighted by molar-refractivity contribution is 0.477. The summed E-state index contributed by atoms with van der Waals surface area (Å²) in [6, 6.07) is 27.8. The molecular weight excluding hydrogens is 488 g/mol. The Labute approximate surface area is 215 Å². The predicted molar refractivity (Wildman–Crippen MR) is 145 cm³/mol. The molecule has 6 rings (SSSR count). The fourth-order valence-electron chi connectivity index (χ4n) is 4.80. The summed E-state index contributed by atoms with van der Waals surface area (Å²) in [6.07, 6.45) is 2.65. The standard InChI is InChI=1S/C28H26N4O2S2/c33-36(34,31-17-7-8-18-31)24-15-13-22(14-16-24)26-20-35-28(29-26)32-27(23-11-5-2-6-12-23)19-25(30-32)21-9-3-1-4-10-21/h1-6,9-16,20,27H,7-8,17-19H2/t27-/m0/s1. The number of aromatic nitrogens is 1. The van der Waals surface area contributed by atoms with E-state index in [1.807, 2.05) is 46.8 Å². The quantitative estimate of drug-likeness (QED) is 0.319. The molecule has 3 heterocycles. The molecule has 0 aliphatic carbocycles. The molecule has 0 unspecified atom stereocenters. The predicted octanol–water partition coefficient (Wildman–Crippen LogP) is 5.95. The summed E-state index contributed by atoms with van der Waals surface area (Å²) in [5.74, 6) is 0. The van der Waals surface area contributed by atoms with Crippen LogP contribution in [0.25, 0.3) is 11.3 Å². The van der Waals surface area contributed by atoms with Crippen LogP contribution in [0.2, 0.25) is 0 Å². The van der Waals surface area contributed by atoms with Gasteiger partial charge in [-0.15, -0.1) is 11.3 Å². The van der Waals surface area contributed by atoms with Gasteiger partial charge >= 0.3 is 0 Å². The molecule has 1 saturated heterocycles. The lowest BCUT2D eigenvalue weighted by Gasteiger charge is -2.21. The van der Waals surface area contributed by atoms with E-state index in [1.54, 1.807) is 27.8 Å². The zero-order chi connectivity index (χ0) is 24.5. The van der Waals surface area contributed by atoms with Crippen LogP contribution in [0.15, 0.2) is 100 Å². The first-order chi connectivity index (χ1) is 17.6. The van der Waals surface area contributed by atoms with Gasteiger partial charge < -0.3 is 0 Å². The van der Waals surface area contributed by atoms with Crippen LogP contribution in [0.1, 0.15) is 36.4 Å². The second kappa shape index (κ2) is 9.61. The molecule has 0 amide bonds.